The zero-order valence-corrected chi connectivity index (χ0v) is 15.8. The van der Waals surface area contributed by atoms with E-state index in [-0.39, 0.29) is 16.3 Å². The van der Waals surface area contributed by atoms with Gasteiger partial charge in [-0.1, -0.05) is 23.4 Å². The Bertz CT molecular complexity index is 1100. The van der Waals surface area contributed by atoms with Crippen LogP contribution in [-0.4, -0.2) is 30.5 Å². The van der Waals surface area contributed by atoms with Crippen LogP contribution in [0.2, 0.25) is 0 Å². The minimum Gasteiger partial charge on any atom is -0.370 e. The first kappa shape index (κ1) is 19.5. The Morgan fingerprint density at radius 1 is 1.18 bits per heavy atom. The van der Waals surface area contributed by atoms with Crippen molar-refractivity contribution in [2.24, 2.45) is 0 Å². The number of aromatic nitrogens is 2. The quantitative estimate of drug-likeness (QED) is 0.453. The van der Waals surface area contributed by atoms with E-state index in [1.54, 1.807) is 6.92 Å². The minimum atomic E-state index is -3.80. The van der Waals surface area contributed by atoms with Gasteiger partial charge >= 0.3 is 0 Å². The van der Waals surface area contributed by atoms with E-state index in [0.717, 1.165) is 11.6 Å². The van der Waals surface area contributed by atoms with Crippen LogP contribution >= 0.6 is 0 Å². The van der Waals surface area contributed by atoms with E-state index in [4.69, 9.17) is 4.52 Å². The number of nitro groups is 1. The number of nitrogens with one attached hydrogen (secondary N) is 2. The Balaban J connectivity index is 1.87. The third-order valence-corrected chi connectivity index (χ3v) is 5.38. The molecule has 1 aromatic heterocycles. The Morgan fingerprint density at radius 2 is 1.89 bits per heavy atom. The summed E-state index contributed by atoms with van der Waals surface area (Å²) >= 11 is 0. The van der Waals surface area contributed by atoms with Crippen LogP contribution in [0.25, 0.3) is 11.5 Å². The van der Waals surface area contributed by atoms with Crippen molar-refractivity contribution >= 4 is 21.4 Å². The summed E-state index contributed by atoms with van der Waals surface area (Å²) in [4.78, 5) is 14.8. The number of benzene rings is 2. The van der Waals surface area contributed by atoms with Gasteiger partial charge in [-0.15, -0.1) is 0 Å². The van der Waals surface area contributed by atoms with Crippen molar-refractivity contribution in [2.75, 3.05) is 12.4 Å². The van der Waals surface area contributed by atoms with E-state index in [1.165, 1.54) is 19.2 Å². The summed E-state index contributed by atoms with van der Waals surface area (Å²) in [5, 5.41) is 18.2. The molecule has 146 valence electrons. The summed E-state index contributed by atoms with van der Waals surface area (Å²) in [6.45, 7) is 1.71. The maximum Gasteiger partial charge on any atom is 0.293 e. The second-order valence-electron chi connectivity index (χ2n) is 5.83. The molecule has 1 heterocycles. The molecular weight excluding hydrogens is 386 g/mol. The van der Waals surface area contributed by atoms with E-state index in [1.807, 2.05) is 30.3 Å². The number of hydrogen-bond donors (Lipinski definition) is 2. The van der Waals surface area contributed by atoms with Gasteiger partial charge in [0.2, 0.25) is 10.0 Å². The van der Waals surface area contributed by atoms with Gasteiger partial charge < -0.3 is 9.84 Å². The van der Waals surface area contributed by atoms with Gasteiger partial charge in [-0.25, -0.2) is 13.1 Å². The number of hydrogen-bond acceptors (Lipinski definition) is 8. The molecule has 0 saturated carbocycles. The van der Waals surface area contributed by atoms with Crippen LogP contribution in [0.3, 0.4) is 0 Å². The highest BCUT2D eigenvalue weighted by molar-refractivity contribution is 7.89. The molecule has 0 saturated heterocycles. The lowest BCUT2D eigenvalue weighted by Gasteiger charge is -2.12. The molecule has 0 aliphatic carbocycles. The first-order valence-corrected chi connectivity index (χ1v) is 9.67. The number of rotatable bonds is 7. The topological polar surface area (TPSA) is 140 Å². The molecule has 11 heteroatoms. The third-order valence-electron chi connectivity index (χ3n) is 3.97. The van der Waals surface area contributed by atoms with Gasteiger partial charge in [-0.05, 0) is 38.2 Å². The fourth-order valence-corrected chi connectivity index (χ4v) is 3.23. The van der Waals surface area contributed by atoms with Crippen LogP contribution in [0.5, 0.6) is 0 Å². The Labute approximate surface area is 160 Å². The van der Waals surface area contributed by atoms with Crippen LogP contribution < -0.4 is 10.0 Å². The van der Waals surface area contributed by atoms with Crippen molar-refractivity contribution in [3.8, 4) is 11.5 Å². The smallest absolute Gasteiger partial charge is 0.293 e. The molecule has 2 N–H and O–H groups in total. The highest BCUT2D eigenvalue weighted by atomic mass is 32.2. The zero-order chi connectivity index (χ0) is 20.3. The molecule has 1 atom stereocenters. The van der Waals surface area contributed by atoms with Gasteiger partial charge in [-0.3, -0.25) is 10.1 Å². The van der Waals surface area contributed by atoms with E-state index in [9.17, 15) is 18.5 Å². The number of nitro benzene ring substituents is 1. The summed E-state index contributed by atoms with van der Waals surface area (Å²) in [6.07, 6.45) is 0. The van der Waals surface area contributed by atoms with Crippen molar-refractivity contribution in [1.29, 1.82) is 0 Å². The van der Waals surface area contributed by atoms with E-state index < -0.39 is 21.0 Å². The zero-order valence-electron chi connectivity index (χ0n) is 15.0. The minimum absolute atomic E-state index is 0.138. The average molecular weight is 403 g/mol. The Kier molecular flexibility index (Phi) is 5.38. The van der Waals surface area contributed by atoms with Crippen molar-refractivity contribution in [3.05, 3.63) is 64.5 Å². The standard InChI is InChI=1S/C17H17N5O5S/c1-11(16-20-17(27-21-16)12-6-4-3-5-7-12)19-14-9-8-13(28(25,26)18-2)10-15(14)22(23)24/h3-11,18-19H,1-2H3. The van der Waals surface area contributed by atoms with Gasteiger partial charge in [0.05, 0.1) is 15.9 Å². The number of anilines is 1. The maximum absolute atomic E-state index is 11.9. The molecule has 0 amide bonds. The second kappa shape index (κ2) is 7.74. The Morgan fingerprint density at radius 3 is 2.54 bits per heavy atom. The molecule has 0 aliphatic rings. The predicted molar refractivity (Wildman–Crippen MR) is 101 cm³/mol. The fraction of sp³-hybridized carbons (Fsp3) is 0.176. The first-order chi connectivity index (χ1) is 13.3. The van der Waals surface area contributed by atoms with Crippen LogP contribution in [0.1, 0.15) is 18.8 Å². The number of nitrogens with zero attached hydrogens (tertiary/aromatic N) is 3. The number of sulfonamides is 1. The van der Waals surface area contributed by atoms with Crippen molar-refractivity contribution in [1.82, 2.24) is 14.9 Å². The van der Waals surface area contributed by atoms with Crippen molar-refractivity contribution < 1.29 is 17.9 Å². The highest BCUT2D eigenvalue weighted by Gasteiger charge is 2.23. The van der Waals surface area contributed by atoms with E-state index >= 15 is 0 Å². The molecule has 0 fully saturated rings. The SMILES string of the molecule is CNS(=O)(=O)c1ccc(NC(C)c2noc(-c3ccccc3)n2)c([N+](=O)[O-])c1. The second-order valence-corrected chi connectivity index (χ2v) is 7.72. The largest absolute Gasteiger partial charge is 0.370 e. The molecule has 2 aromatic carbocycles. The summed E-state index contributed by atoms with van der Waals surface area (Å²) < 4.78 is 31.1. The Hall–Kier alpha value is -3.31. The predicted octanol–water partition coefficient (Wildman–Crippen LogP) is 2.73. The maximum atomic E-state index is 11.9. The molecule has 3 rings (SSSR count). The van der Waals surface area contributed by atoms with Crippen LogP contribution in [0.15, 0.2) is 57.9 Å². The summed E-state index contributed by atoms with van der Waals surface area (Å²) in [5.41, 5.74) is 0.509. The third kappa shape index (κ3) is 4.00. The molecule has 28 heavy (non-hydrogen) atoms. The molecule has 1 unspecified atom stereocenters. The van der Waals surface area contributed by atoms with Crippen LogP contribution in [0, 0.1) is 10.1 Å². The first-order valence-electron chi connectivity index (χ1n) is 8.19. The molecular formula is C17H17N5O5S. The molecule has 10 nitrogen and oxygen atoms in total. The van der Waals surface area contributed by atoms with Gasteiger partial charge in [0, 0.05) is 11.6 Å². The normalized spacial score (nSPS) is 12.5. The molecule has 0 aliphatic heterocycles. The van der Waals surface area contributed by atoms with Crippen LogP contribution in [-0.2, 0) is 10.0 Å². The molecule has 0 radical (unpaired) electrons. The van der Waals surface area contributed by atoms with Gasteiger partial charge in [0.1, 0.15) is 5.69 Å². The van der Waals surface area contributed by atoms with Gasteiger partial charge in [0.15, 0.2) is 5.82 Å². The van der Waals surface area contributed by atoms with Crippen LogP contribution in [0.4, 0.5) is 11.4 Å². The van der Waals surface area contributed by atoms with Gasteiger partial charge in [-0.2, -0.15) is 4.98 Å². The van der Waals surface area contributed by atoms with Gasteiger partial charge in [0.25, 0.3) is 11.6 Å². The summed E-state index contributed by atoms with van der Waals surface area (Å²) in [5.74, 6) is 0.634. The lowest BCUT2D eigenvalue weighted by Crippen LogP contribution is -2.19. The lowest BCUT2D eigenvalue weighted by molar-refractivity contribution is -0.384. The summed E-state index contributed by atoms with van der Waals surface area (Å²) in [7, 11) is -2.57. The van der Waals surface area contributed by atoms with E-state index in [0.29, 0.717) is 11.7 Å². The molecule has 0 bridgehead atoms. The highest BCUT2D eigenvalue weighted by Crippen LogP contribution is 2.30. The fourth-order valence-electron chi connectivity index (χ4n) is 2.48. The molecule has 0 spiro atoms. The summed E-state index contributed by atoms with van der Waals surface area (Å²) in [6, 6.07) is 12.3. The average Bonchev–Trinajstić information content (AvgIpc) is 3.19. The monoisotopic (exact) mass is 403 g/mol. The van der Waals surface area contributed by atoms with E-state index in [2.05, 4.69) is 20.2 Å². The van der Waals surface area contributed by atoms with Crippen molar-refractivity contribution in [2.45, 2.75) is 17.9 Å². The van der Waals surface area contributed by atoms with Crippen molar-refractivity contribution in [3.63, 3.8) is 0 Å². The lowest BCUT2D eigenvalue weighted by atomic mass is 10.2. The molecule has 3 aromatic rings.